The van der Waals surface area contributed by atoms with Crippen LogP contribution in [0.25, 0.3) is 0 Å². The number of hydrogen-bond acceptors (Lipinski definition) is 5. The number of aromatic nitrogens is 2. The van der Waals surface area contributed by atoms with Gasteiger partial charge in [0.15, 0.2) is 0 Å². The van der Waals surface area contributed by atoms with E-state index in [1.807, 2.05) is 54.6 Å². The largest absolute Gasteiger partial charge is 0.497 e. The van der Waals surface area contributed by atoms with Gasteiger partial charge in [-0.1, -0.05) is 61.7 Å². The van der Waals surface area contributed by atoms with E-state index in [9.17, 15) is 9.59 Å². The summed E-state index contributed by atoms with van der Waals surface area (Å²) in [4.78, 5) is 37.3. The number of nitrogens with one attached hydrogen (secondary N) is 1. The first-order valence-electron chi connectivity index (χ1n) is 11.7. The molecule has 0 spiro atoms. The average molecular weight is 459 g/mol. The van der Waals surface area contributed by atoms with Crippen molar-refractivity contribution in [3.63, 3.8) is 0 Å². The predicted octanol–water partition coefficient (Wildman–Crippen LogP) is 4.32. The molecule has 1 aromatic heterocycles. The summed E-state index contributed by atoms with van der Waals surface area (Å²) in [5, 5.41) is 3.22. The zero-order valence-electron chi connectivity index (χ0n) is 19.4. The Bertz CT molecular complexity index is 1090. The van der Waals surface area contributed by atoms with Crippen LogP contribution in [-0.4, -0.2) is 39.8 Å². The molecule has 0 radical (unpaired) electrons. The molecule has 7 nitrogen and oxygen atoms in total. The van der Waals surface area contributed by atoms with E-state index >= 15 is 0 Å². The maximum absolute atomic E-state index is 13.7. The second-order valence-corrected chi connectivity index (χ2v) is 8.53. The Morgan fingerprint density at radius 1 is 1.06 bits per heavy atom. The second-order valence-electron chi connectivity index (χ2n) is 8.53. The fourth-order valence-electron chi connectivity index (χ4n) is 4.44. The molecular weight excluding hydrogens is 428 g/mol. The number of hydrogen-bond donors (Lipinski definition) is 1. The molecule has 2 aromatic carbocycles. The van der Waals surface area contributed by atoms with E-state index in [2.05, 4.69) is 15.3 Å². The predicted molar refractivity (Wildman–Crippen MR) is 129 cm³/mol. The zero-order valence-corrected chi connectivity index (χ0v) is 19.4. The summed E-state index contributed by atoms with van der Waals surface area (Å²) in [5.74, 6) is 0.147. The smallest absolute Gasteiger partial charge is 0.275 e. The van der Waals surface area contributed by atoms with Crippen molar-refractivity contribution < 1.29 is 14.3 Å². The van der Waals surface area contributed by atoms with E-state index < -0.39 is 6.04 Å². The molecule has 1 heterocycles. The van der Waals surface area contributed by atoms with E-state index in [1.165, 1.54) is 25.0 Å². The molecule has 0 bridgehead atoms. The summed E-state index contributed by atoms with van der Waals surface area (Å²) in [7, 11) is 1.60. The molecule has 1 fully saturated rings. The van der Waals surface area contributed by atoms with Gasteiger partial charge in [-0.05, 0) is 36.1 Å². The van der Waals surface area contributed by atoms with Gasteiger partial charge in [-0.25, -0.2) is 4.98 Å². The summed E-state index contributed by atoms with van der Waals surface area (Å²) in [6.45, 7) is 0.213. The molecule has 1 N–H and O–H groups in total. The van der Waals surface area contributed by atoms with Crippen LogP contribution in [-0.2, 0) is 11.3 Å². The van der Waals surface area contributed by atoms with Crippen LogP contribution in [0.3, 0.4) is 0 Å². The standard InChI is InChI=1S/C27H30N4O3/c1-34-23-14-8-9-20(17-23)19-31(27(33)24-18-28-15-16-29-24)25(21-10-4-2-5-11-21)26(32)30-22-12-6-3-7-13-22/h2,4-5,8-11,14-18,22,25H,3,6-7,12-13,19H2,1H3,(H,30,32)/t25-/m0/s1. The second kappa shape index (κ2) is 11.4. The lowest BCUT2D eigenvalue weighted by atomic mass is 9.94. The minimum atomic E-state index is -0.816. The average Bonchev–Trinajstić information content (AvgIpc) is 2.89. The highest BCUT2D eigenvalue weighted by molar-refractivity contribution is 5.96. The number of amides is 2. The number of carbonyl (C=O) groups excluding carboxylic acids is 2. The minimum Gasteiger partial charge on any atom is -0.497 e. The highest BCUT2D eigenvalue weighted by Crippen LogP contribution is 2.27. The van der Waals surface area contributed by atoms with E-state index in [-0.39, 0.29) is 30.1 Å². The monoisotopic (exact) mass is 458 g/mol. The van der Waals surface area contributed by atoms with Crippen LogP contribution in [0.5, 0.6) is 5.75 Å². The van der Waals surface area contributed by atoms with Crippen molar-refractivity contribution in [3.8, 4) is 5.75 Å². The van der Waals surface area contributed by atoms with Crippen molar-refractivity contribution >= 4 is 11.8 Å². The first-order valence-corrected chi connectivity index (χ1v) is 11.7. The molecule has 4 rings (SSSR count). The third kappa shape index (κ3) is 5.78. The number of methoxy groups -OCH3 is 1. The van der Waals surface area contributed by atoms with E-state index in [1.54, 1.807) is 12.0 Å². The Balaban J connectivity index is 1.72. The minimum absolute atomic E-state index is 0.123. The fourth-order valence-corrected chi connectivity index (χ4v) is 4.44. The molecule has 1 aliphatic rings. The van der Waals surface area contributed by atoms with Gasteiger partial charge in [0.05, 0.1) is 13.3 Å². The number of rotatable bonds is 8. The third-order valence-corrected chi connectivity index (χ3v) is 6.16. The normalized spacial score (nSPS) is 14.7. The van der Waals surface area contributed by atoms with Gasteiger partial charge >= 0.3 is 0 Å². The third-order valence-electron chi connectivity index (χ3n) is 6.16. The Hall–Kier alpha value is -3.74. The van der Waals surface area contributed by atoms with Gasteiger partial charge in [-0.3, -0.25) is 14.6 Å². The molecule has 0 aliphatic heterocycles. The van der Waals surface area contributed by atoms with E-state index in [4.69, 9.17) is 4.74 Å². The summed E-state index contributed by atoms with van der Waals surface area (Å²) < 4.78 is 5.37. The molecule has 1 saturated carbocycles. The molecule has 7 heteroatoms. The SMILES string of the molecule is COc1cccc(CN(C(=O)c2cnccn2)[C@H](C(=O)NC2CCCCC2)c2ccccc2)c1. The highest BCUT2D eigenvalue weighted by atomic mass is 16.5. The number of benzene rings is 2. The van der Waals surface area contributed by atoms with Gasteiger partial charge in [-0.15, -0.1) is 0 Å². The van der Waals surface area contributed by atoms with Crippen LogP contribution in [0, 0.1) is 0 Å². The quantitative estimate of drug-likeness (QED) is 0.544. The molecule has 1 atom stereocenters. The Morgan fingerprint density at radius 3 is 2.56 bits per heavy atom. The number of nitrogens with zero attached hydrogens (tertiary/aromatic N) is 3. The van der Waals surface area contributed by atoms with Crippen molar-refractivity contribution in [2.45, 2.75) is 50.7 Å². The zero-order chi connectivity index (χ0) is 23.8. The van der Waals surface area contributed by atoms with Gasteiger partial charge in [0.2, 0.25) is 5.91 Å². The van der Waals surface area contributed by atoms with Gasteiger partial charge < -0.3 is 15.0 Å². The highest BCUT2D eigenvalue weighted by Gasteiger charge is 2.34. The summed E-state index contributed by atoms with van der Waals surface area (Å²) in [6.07, 6.45) is 9.76. The molecular formula is C27H30N4O3. The number of carbonyl (C=O) groups is 2. The van der Waals surface area contributed by atoms with Crippen LogP contribution < -0.4 is 10.1 Å². The Kier molecular flexibility index (Phi) is 7.86. The lowest BCUT2D eigenvalue weighted by molar-refractivity contribution is -0.127. The topological polar surface area (TPSA) is 84.4 Å². The first kappa shape index (κ1) is 23.4. The van der Waals surface area contributed by atoms with Crippen LogP contribution in [0.15, 0.2) is 73.2 Å². The summed E-state index contributed by atoms with van der Waals surface area (Å²) in [5.41, 5.74) is 1.79. The Morgan fingerprint density at radius 2 is 1.85 bits per heavy atom. The lowest BCUT2D eigenvalue weighted by Crippen LogP contribution is -2.47. The van der Waals surface area contributed by atoms with Crippen molar-refractivity contribution in [2.24, 2.45) is 0 Å². The van der Waals surface area contributed by atoms with E-state index in [0.717, 1.165) is 36.8 Å². The summed E-state index contributed by atoms with van der Waals surface area (Å²) in [6, 6.07) is 16.2. The van der Waals surface area contributed by atoms with E-state index in [0.29, 0.717) is 5.75 Å². The molecule has 3 aromatic rings. The molecule has 2 amide bonds. The van der Waals surface area contributed by atoms with Crippen LogP contribution in [0.1, 0.15) is 59.8 Å². The molecule has 0 unspecified atom stereocenters. The van der Waals surface area contributed by atoms with Crippen molar-refractivity contribution in [1.82, 2.24) is 20.2 Å². The van der Waals surface area contributed by atoms with Crippen LogP contribution in [0.2, 0.25) is 0 Å². The molecule has 0 saturated heterocycles. The van der Waals surface area contributed by atoms with Crippen molar-refractivity contribution in [1.29, 1.82) is 0 Å². The molecule has 34 heavy (non-hydrogen) atoms. The maximum Gasteiger partial charge on any atom is 0.275 e. The number of ether oxygens (including phenoxy) is 1. The van der Waals surface area contributed by atoms with Crippen LogP contribution >= 0.6 is 0 Å². The lowest BCUT2D eigenvalue weighted by Gasteiger charge is -2.33. The van der Waals surface area contributed by atoms with Crippen LogP contribution in [0.4, 0.5) is 0 Å². The Labute approximate surface area is 200 Å². The fraction of sp³-hybridized carbons (Fsp3) is 0.333. The summed E-state index contributed by atoms with van der Waals surface area (Å²) >= 11 is 0. The van der Waals surface area contributed by atoms with Gasteiger partial charge in [0.1, 0.15) is 17.5 Å². The van der Waals surface area contributed by atoms with Gasteiger partial charge in [0.25, 0.3) is 5.91 Å². The molecule has 1 aliphatic carbocycles. The molecule has 176 valence electrons. The van der Waals surface area contributed by atoms with Gasteiger partial charge in [-0.2, -0.15) is 0 Å². The maximum atomic E-state index is 13.7. The first-order chi connectivity index (χ1) is 16.7. The van der Waals surface area contributed by atoms with Crippen molar-refractivity contribution in [2.75, 3.05) is 7.11 Å². The van der Waals surface area contributed by atoms with Crippen molar-refractivity contribution in [3.05, 3.63) is 90.0 Å². The van der Waals surface area contributed by atoms with Gasteiger partial charge in [0, 0.05) is 25.0 Å².